The quantitative estimate of drug-likeness (QED) is 0.294. The minimum Gasteiger partial charge on any atom is -0.463 e. The third-order valence-electron chi connectivity index (χ3n) is 2.65. The predicted octanol–water partition coefficient (Wildman–Crippen LogP) is -0.0663. The first-order valence-electron chi connectivity index (χ1n) is 6.17. The molecule has 5 atom stereocenters. The van der Waals surface area contributed by atoms with Gasteiger partial charge in [0.1, 0.15) is 16.6 Å². The molecule has 0 aromatic rings. The topological polar surface area (TPSA) is 108 Å². The van der Waals surface area contributed by atoms with E-state index in [1.165, 1.54) is 20.8 Å². The normalized spacial score (nSPS) is 32.1. The molecule has 0 spiro atoms. The van der Waals surface area contributed by atoms with E-state index in [1.54, 1.807) is 0 Å². The fraction of sp³-hybridized carbons (Fsp3) is 0.750. The first-order valence-corrected chi connectivity index (χ1v) is 7.42. The van der Waals surface area contributed by atoms with Crippen LogP contribution in [0.15, 0.2) is 0 Å². The Kier molecular flexibility index (Phi) is 6.81. The Morgan fingerprint density at radius 2 is 1.57 bits per heavy atom. The molecule has 1 saturated heterocycles. The molecule has 0 radical (unpaired) electrons. The van der Waals surface area contributed by atoms with Crippen LogP contribution < -0.4 is 0 Å². The lowest BCUT2D eigenvalue weighted by molar-refractivity contribution is -0.246. The number of halogens is 1. The average molecular weight is 416 g/mol. The van der Waals surface area contributed by atoms with E-state index in [9.17, 15) is 19.5 Å². The van der Waals surface area contributed by atoms with E-state index in [4.69, 9.17) is 18.9 Å². The Morgan fingerprint density at radius 3 is 2.05 bits per heavy atom. The summed E-state index contributed by atoms with van der Waals surface area (Å²) in [5.41, 5.74) is 0. The molecule has 1 heterocycles. The molecule has 1 aliphatic rings. The van der Waals surface area contributed by atoms with Crippen molar-refractivity contribution in [2.24, 2.45) is 0 Å². The number of hydrogen-bond acceptors (Lipinski definition) is 8. The number of alkyl halides is 1. The zero-order chi connectivity index (χ0) is 16.2. The fourth-order valence-corrected chi connectivity index (χ4v) is 2.60. The molecule has 1 fully saturated rings. The highest BCUT2D eigenvalue weighted by Gasteiger charge is 2.48. The van der Waals surface area contributed by atoms with Gasteiger partial charge in [0.05, 0.1) is 0 Å². The van der Waals surface area contributed by atoms with Gasteiger partial charge in [0.2, 0.25) is 0 Å². The van der Waals surface area contributed by atoms with Gasteiger partial charge in [-0.2, -0.15) is 0 Å². The van der Waals surface area contributed by atoms with E-state index in [-0.39, 0.29) is 6.61 Å². The fourth-order valence-electron chi connectivity index (χ4n) is 1.88. The number of aliphatic hydroxyl groups excluding tert-OH is 1. The number of rotatable bonds is 4. The van der Waals surface area contributed by atoms with E-state index in [0.29, 0.717) is 0 Å². The van der Waals surface area contributed by atoms with Crippen LogP contribution in [0.5, 0.6) is 0 Å². The summed E-state index contributed by atoms with van der Waals surface area (Å²) in [6.45, 7) is 3.38. The van der Waals surface area contributed by atoms with Crippen molar-refractivity contribution in [3.63, 3.8) is 0 Å². The molecular formula is C12H17IO8. The first-order chi connectivity index (χ1) is 9.72. The van der Waals surface area contributed by atoms with Crippen molar-refractivity contribution >= 4 is 40.5 Å². The van der Waals surface area contributed by atoms with Crippen molar-refractivity contribution in [1.29, 1.82) is 0 Å². The molecule has 0 bridgehead atoms. The molecule has 0 saturated carbocycles. The molecule has 0 amide bonds. The summed E-state index contributed by atoms with van der Waals surface area (Å²) in [6, 6.07) is 0. The molecule has 1 rings (SSSR count). The third-order valence-corrected chi connectivity index (χ3v) is 3.97. The Labute approximate surface area is 135 Å². The molecule has 8 nitrogen and oxygen atoms in total. The standard InChI is InChI=1S/C12H17IO8/c1-5(14)18-4-8-10(19-6(2)15)11(20-7(3)16)9(13)12(17)21-8/h8-12,17H,4H2,1-3H3/t8-,9+,10-,11-,12+/m1/s1. The number of ether oxygens (including phenoxy) is 4. The Balaban J connectivity index is 2.94. The summed E-state index contributed by atoms with van der Waals surface area (Å²) in [6.07, 6.45) is -4.06. The molecular weight excluding hydrogens is 399 g/mol. The summed E-state index contributed by atoms with van der Waals surface area (Å²) < 4.78 is 19.7. The molecule has 120 valence electrons. The van der Waals surface area contributed by atoms with Crippen LogP contribution in [0.4, 0.5) is 0 Å². The van der Waals surface area contributed by atoms with Gasteiger partial charge in [-0.3, -0.25) is 14.4 Å². The van der Waals surface area contributed by atoms with Gasteiger partial charge in [-0.1, -0.05) is 22.6 Å². The highest BCUT2D eigenvalue weighted by atomic mass is 127. The largest absolute Gasteiger partial charge is 0.463 e. The second kappa shape index (κ2) is 7.90. The van der Waals surface area contributed by atoms with Gasteiger partial charge in [-0.25, -0.2) is 0 Å². The van der Waals surface area contributed by atoms with E-state index >= 15 is 0 Å². The van der Waals surface area contributed by atoms with Crippen LogP contribution in [0.2, 0.25) is 0 Å². The highest BCUT2D eigenvalue weighted by Crippen LogP contribution is 2.30. The van der Waals surface area contributed by atoms with Gasteiger partial charge in [-0.05, 0) is 0 Å². The number of aliphatic hydroxyl groups is 1. The molecule has 1 N–H and O–H groups in total. The number of esters is 3. The summed E-state index contributed by atoms with van der Waals surface area (Å²) in [5.74, 6) is -1.73. The third kappa shape index (κ3) is 5.40. The van der Waals surface area contributed by atoms with Crippen molar-refractivity contribution in [2.45, 2.75) is 49.3 Å². The van der Waals surface area contributed by atoms with Gasteiger partial charge in [0.25, 0.3) is 0 Å². The van der Waals surface area contributed by atoms with Gasteiger partial charge in [0.15, 0.2) is 18.5 Å². The number of carbonyl (C=O) groups is 3. The maximum absolute atomic E-state index is 11.2. The molecule has 0 unspecified atom stereocenters. The smallest absolute Gasteiger partial charge is 0.303 e. The Hall–Kier alpha value is -0.940. The van der Waals surface area contributed by atoms with Gasteiger partial charge >= 0.3 is 17.9 Å². The summed E-state index contributed by atoms with van der Waals surface area (Å²) in [7, 11) is 0. The van der Waals surface area contributed by atoms with Crippen molar-refractivity contribution in [1.82, 2.24) is 0 Å². The van der Waals surface area contributed by atoms with Crippen LogP contribution in [-0.2, 0) is 33.3 Å². The lowest BCUT2D eigenvalue weighted by Gasteiger charge is -2.41. The Morgan fingerprint density at radius 1 is 1.05 bits per heavy atom. The molecule has 0 aromatic heterocycles. The van der Waals surface area contributed by atoms with E-state index < -0.39 is 46.4 Å². The first kappa shape index (κ1) is 18.1. The lowest BCUT2D eigenvalue weighted by Crippen LogP contribution is -2.59. The molecule has 0 aromatic carbocycles. The van der Waals surface area contributed by atoms with Crippen molar-refractivity contribution < 1.29 is 38.4 Å². The second-order valence-electron chi connectivity index (χ2n) is 4.46. The van der Waals surface area contributed by atoms with Crippen LogP contribution in [0, 0.1) is 0 Å². The maximum atomic E-state index is 11.2. The second-order valence-corrected chi connectivity index (χ2v) is 5.90. The predicted molar refractivity (Wildman–Crippen MR) is 76.4 cm³/mol. The van der Waals surface area contributed by atoms with E-state index in [0.717, 1.165) is 0 Å². The van der Waals surface area contributed by atoms with Crippen LogP contribution in [-0.4, -0.2) is 58.1 Å². The number of carbonyl (C=O) groups excluding carboxylic acids is 3. The summed E-state index contributed by atoms with van der Waals surface area (Å²) in [5, 5.41) is 9.85. The molecule has 9 heteroatoms. The van der Waals surface area contributed by atoms with Crippen LogP contribution in [0.25, 0.3) is 0 Å². The lowest BCUT2D eigenvalue weighted by atomic mass is 10.0. The van der Waals surface area contributed by atoms with Crippen LogP contribution in [0.3, 0.4) is 0 Å². The minimum absolute atomic E-state index is 0.231. The van der Waals surface area contributed by atoms with Gasteiger partial charge in [0, 0.05) is 20.8 Å². The average Bonchev–Trinajstić information content (AvgIpc) is 2.35. The van der Waals surface area contributed by atoms with E-state index in [1.807, 2.05) is 22.6 Å². The molecule has 1 aliphatic heterocycles. The van der Waals surface area contributed by atoms with E-state index in [2.05, 4.69) is 0 Å². The highest BCUT2D eigenvalue weighted by molar-refractivity contribution is 14.1. The van der Waals surface area contributed by atoms with Gasteiger partial charge in [-0.15, -0.1) is 0 Å². The zero-order valence-corrected chi connectivity index (χ0v) is 13.9. The summed E-state index contributed by atoms with van der Waals surface area (Å²) in [4.78, 5) is 33.3. The minimum atomic E-state index is -1.25. The van der Waals surface area contributed by atoms with Gasteiger partial charge < -0.3 is 24.1 Å². The van der Waals surface area contributed by atoms with Crippen LogP contribution in [0.1, 0.15) is 20.8 Å². The van der Waals surface area contributed by atoms with Crippen molar-refractivity contribution in [2.75, 3.05) is 6.61 Å². The Bertz CT molecular complexity index is 412. The molecule has 21 heavy (non-hydrogen) atoms. The van der Waals surface area contributed by atoms with Crippen LogP contribution >= 0.6 is 22.6 Å². The zero-order valence-electron chi connectivity index (χ0n) is 11.8. The number of hydrogen-bond donors (Lipinski definition) is 1. The molecule has 0 aliphatic carbocycles. The monoisotopic (exact) mass is 416 g/mol. The van der Waals surface area contributed by atoms with Crippen molar-refractivity contribution in [3.05, 3.63) is 0 Å². The maximum Gasteiger partial charge on any atom is 0.303 e. The summed E-state index contributed by atoms with van der Waals surface area (Å²) >= 11 is 1.84. The van der Waals surface area contributed by atoms with Crippen molar-refractivity contribution in [3.8, 4) is 0 Å². The SMILES string of the molecule is CC(=O)OC[C@H]1O[C@H](O)[C@@H](I)[C@@H](OC(C)=O)[C@@H]1OC(C)=O.